The van der Waals surface area contributed by atoms with Crippen LogP contribution in [0.5, 0.6) is 5.75 Å². The van der Waals surface area contributed by atoms with Crippen molar-refractivity contribution < 1.29 is 9.84 Å². The fraction of sp³-hybridized carbons (Fsp3) is 0.412. The molecule has 3 nitrogen and oxygen atoms in total. The van der Waals surface area contributed by atoms with Gasteiger partial charge in [-0.15, -0.1) is 13.2 Å². The lowest BCUT2D eigenvalue weighted by atomic mass is 9.93. The van der Waals surface area contributed by atoms with Crippen LogP contribution in [0, 0.1) is 5.92 Å². The number of rotatable bonds is 10. The van der Waals surface area contributed by atoms with Gasteiger partial charge in [0, 0.05) is 24.3 Å². The lowest BCUT2D eigenvalue weighted by molar-refractivity contribution is 0.208. The van der Waals surface area contributed by atoms with Crippen molar-refractivity contribution in [1.29, 1.82) is 0 Å². The average molecular weight is 275 g/mol. The summed E-state index contributed by atoms with van der Waals surface area (Å²) in [7, 11) is 1.65. The Kier molecular flexibility index (Phi) is 7.51. The van der Waals surface area contributed by atoms with E-state index in [4.69, 9.17) is 4.74 Å². The number of aliphatic hydroxyl groups excluding tert-OH is 1. The van der Waals surface area contributed by atoms with Crippen LogP contribution in [0.2, 0.25) is 0 Å². The van der Waals surface area contributed by atoms with Gasteiger partial charge in [0.25, 0.3) is 0 Å². The number of hydrogen-bond donors (Lipinski definition) is 2. The molecule has 3 heteroatoms. The molecule has 0 amide bonds. The SMILES string of the molecule is C=CCC[C@@H](Nc1ccc(OC)cc1)[C@@H](CO)CC=C. The number of nitrogens with one attached hydrogen (secondary N) is 1. The minimum atomic E-state index is 0.150. The van der Waals surface area contributed by atoms with Gasteiger partial charge in [0.05, 0.1) is 7.11 Å². The maximum atomic E-state index is 9.55. The van der Waals surface area contributed by atoms with Gasteiger partial charge in [0.1, 0.15) is 5.75 Å². The monoisotopic (exact) mass is 275 g/mol. The van der Waals surface area contributed by atoms with Crippen molar-refractivity contribution in [3.8, 4) is 5.75 Å². The maximum Gasteiger partial charge on any atom is 0.119 e. The molecule has 1 aromatic rings. The van der Waals surface area contributed by atoms with E-state index in [1.165, 1.54) is 0 Å². The molecule has 1 rings (SSSR count). The molecule has 0 aliphatic carbocycles. The van der Waals surface area contributed by atoms with Crippen molar-refractivity contribution >= 4 is 5.69 Å². The summed E-state index contributed by atoms with van der Waals surface area (Å²) in [6.45, 7) is 7.68. The zero-order valence-electron chi connectivity index (χ0n) is 12.2. The molecule has 0 saturated heterocycles. The number of anilines is 1. The summed E-state index contributed by atoms with van der Waals surface area (Å²) in [6.07, 6.45) is 6.42. The predicted octanol–water partition coefficient (Wildman–Crippen LogP) is 3.63. The Hall–Kier alpha value is -1.74. The fourth-order valence-corrected chi connectivity index (χ4v) is 2.20. The van der Waals surface area contributed by atoms with E-state index in [2.05, 4.69) is 18.5 Å². The van der Waals surface area contributed by atoms with E-state index < -0.39 is 0 Å². The van der Waals surface area contributed by atoms with E-state index in [1.807, 2.05) is 36.4 Å². The second kappa shape index (κ2) is 9.21. The number of aliphatic hydroxyl groups is 1. The molecule has 0 aliphatic rings. The second-order valence-electron chi connectivity index (χ2n) is 4.81. The first-order chi connectivity index (χ1) is 9.74. The zero-order valence-corrected chi connectivity index (χ0v) is 12.2. The van der Waals surface area contributed by atoms with Gasteiger partial charge in [-0.2, -0.15) is 0 Å². The summed E-state index contributed by atoms with van der Waals surface area (Å²) in [5.74, 6) is 0.998. The van der Waals surface area contributed by atoms with Crippen molar-refractivity contribution in [3.05, 3.63) is 49.6 Å². The van der Waals surface area contributed by atoms with Crippen molar-refractivity contribution in [2.45, 2.75) is 25.3 Å². The molecule has 0 bridgehead atoms. The minimum absolute atomic E-state index is 0.150. The quantitative estimate of drug-likeness (QED) is 0.641. The third kappa shape index (κ3) is 5.10. The number of benzene rings is 1. The van der Waals surface area contributed by atoms with Gasteiger partial charge < -0.3 is 15.2 Å². The Morgan fingerprint density at radius 2 is 1.95 bits per heavy atom. The van der Waals surface area contributed by atoms with Gasteiger partial charge in [-0.1, -0.05) is 12.2 Å². The van der Waals surface area contributed by atoms with Gasteiger partial charge in [0.15, 0.2) is 0 Å². The van der Waals surface area contributed by atoms with Crippen LogP contribution in [0.1, 0.15) is 19.3 Å². The molecule has 0 heterocycles. The van der Waals surface area contributed by atoms with E-state index in [0.29, 0.717) is 0 Å². The van der Waals surface area contributed by atoms with Crippen LogP contribution in [-0.4, -0.2) is 24.9 Å². The first-order valence-electron chi connectivity index (χ1n) is 6.98. The molecule has 0 radical (unpaired) electrons. The highest BCUT2D eigenvalue weighted by Gasteiger charge is 2.19. The average Bonchev–Trinajstić information content (AvgIpc) is 2.50. The lowest BCUT2D eigenvalue weighted by Crippen LogP contribution is -2.31. The first-order valence-corrected chi connectivity index (χ1v) is 6.98. The number of methoxy groups -OCH3 is 1. The largest absolute Gasteiger partial charge is 0.497 e. The summed E-state index contributed by atoms with van der Waals surface area (Å²) in [6, 6.07) is 8.02. The standard InChI is InChI=1S/C17H25NO2/c1-4-6-8-17(14(13-19)7-5-2)18-15-9-11-16(20-3)12-10-15/h4-5,9-12,14,17-19H,1-2,6-8,13H2,3H3/t14-,17-/m1/s1. The molecule has 110 valence electrons. The summed E-state index contributed by atoms with van der Waals surface area (Å²) < 4.78 is 5.15. The Balaban J connectivity index is 2.75. The summed E-state index contributed by atoms with van der Waals surface area (Å²) >= 11 is 0. The van der Waals surface area contributed by atoms with Gasteiger partial charge in [0.2, 0.25) is 0 Å². The van der Waals surface area contributed by atoms with Crippen LogP contribution >= 0.6 is 0 Å². The molecule has 2 N–H and O–H groups in total. The highest BCUT2D eigenvalue weighted by atomic mass is 16.5. The van der Waals surface area contributed by atoms with Crippen molar-refractivity contribution in [2.75, 3.05) is 19.0 Å². The van der Waals surface area contributed by atoms with E-state index in [1.54, 1.807) is 7.11 Å². The summed E-state index contributed by atoms with van der Waals surface area (Å²) in [5, 5.41) is 13.0. The van der Waals surface area contributed by atoms with Gasteiger partial charge in [-0.05, 0) is 43.5 Å². The molecule has 0 aliphatic heterocycles. The van der Waals surface area contributed by atoms with E-state index in [9.17, 15) is 5.11 Å². The lowest BCUT2D eigenvalue weighted by Gasteiger charge is -2.26. The Bertz CT molecular complexity index is 400. The van der Waals surface area contributed by atoms with E-state index in [0.717, 1.165) is 30.7 Å². The van der Waals surface area contributed by atoms with Crippen LogP contribution in [0.15, 0.2) is 49.6 Å². The fourth-order valence-electron chi connectivity index (χ4n) is 2.20. The molecule has 0 aromatic heterocycles. The molecule has 20 heavy (non-hydrogen) atoms. The van der Waals surface area contributed by atoms with Gasteiger partial charge in [-0.3, -0.25) is 0 Å². The predicted molar refractivity (Wildman–Crippen MR) is 85.2 cm³/mol. The third-order valence-corrected chi connectivity index (χ3v) is 3.40. The van der Waals surface area contributed by atoms with Crippen molar-refractivity contribution in [3.63, 3.8) is 0 Å². The first kappa shape index (κ1) is 16.3. The number of allylic oxidation sites excluding steroid dienone is 2. The van der Waals surface area contributed by atoms with Gasteiger partial charge in [-0.25, -0.2) is 0 Å². The van der Waals surface area contributed by atoms with Crippen LogP contribution in [0.3, 0.4) is 0 Å². The summed E-state index contributed by atoms with van der Waals surface area (Å²) in [5.41, 5.74) is 1.03. The van der Waals surface area contributed by atoms with E-state index in [-0.39, 0.29) is 18.6 Å². The van der Waals surface area contributed by atoms with Crippen LogP contribution in [0.25, 0.3) is 0 Å². The molecule has 0 fully saturated rings. The highest BCUT2D eigenvalue weighted by molar-refractivity contribution is 5.47. The highest BCUT2D eigenvalue weighted by Crippen LogP contribution is 2.22. The van der Waals surface area contributed by atoms with Crippen molar-refractivity contribution in [1.82, 2.24) is 0 Å². The zero-order chi connectivity index (χ0) is 14.8. The van der Waals surface area contributed by atoms with Crippen LogP contribution in [0.4, 0.5) is 5.69 Å². The molecule has 2 atom stereocenters. The summed E-state index contributed by atoms with van der Waals surface area (Å²) in [4.78, 5) is 0. The Morgan fingerprint density at radius 1 is 1.25 bits per heavy atom. The second-order valence-corrected chi connectivity index (χ2v) is 4.81. The molecular weight excluding hydrogens is 250 g/mol. The molecule has 0 spiro atoms. The van der Waals surface area contributed by atoms with Crippen LogP contribution in [-0.2, 0) is 0 Å². The van der Waals surface area contributed by atoms with Crippen molar-refractivity contribution in [2.24, 2.45) is 5.92 Å². The number of hydrogen-bond acceptors (Lipinski definition) is 3. The Morgan fingerprint density at radius 3 is 2.45 bits per heavy atom. The normalized spacial score (nSPS) is 13.3. The van der Waals surface area contributed by atoms with E-state index >= 15 is 0 Å². The minimum Gasteiger partial charge on any atom is -0.497 e. The topological polar surface area (TPSA) is 41.5 Å². The van der Waals surface area contributed by atoms with Gasteiger partial charge >= 0.3 is 0 Å². The molecule has 0 unspecified atom stereocenters. The van der Waals surface area contributed by atoms with Crippen LogP contribution < -0.4 is 10.1 Å². The smallest absolute Gasteiger partial charge is 0.119 e. The molecule has 0 saturated carbocycles. The number of ether oxygens (including phenoxy) is 1. The third-order valence-electron chi connectivity index (χ3n) is 3.40. The molecular formula is C17H25NO2. The Labute approximate surface area is 122 Å². The maximum absolute atomic E-state index is 9.55. The molecule has 1 aromatic carbocycles.